The zero-order valence-corrected chi connectivity index (χ0v) is 12.9. The monoisotopic (exact) mass is 357 g/mol. The number of halogens is 2. The molecule has 0 saturated heterocycles. The van der Waals surface area contributed by atoms with E-state index in [0.29, 0.717) is 12.2 Å². The smallest absolute Gasteiger partial charge is 0.241 e. The summed E-state index contributed by atoms with van der Waals surface area (Å²) < 4.78 is 50.0. The molecule has 0 aromatic heterocycles. The molecule has 102 valence electrons. The highest BCUT2D eigenvalue weighted by Gasteiger charge is 2.17. The maximum absolute atomic E-state index is 12.9. The maximum Gasteiger partial charge on any atom is 0.241 e. The lowest BCUT2D eigenvalue weighted by molar-refractivity contribution is 0.579. The van der Waals surface area contributed by atoms with Crippen LogP contribution >= 0.6 is 15.9 Å². The standard InChI is InChI=1S/C10H13BrFNO3S2/c1-17(14)6-2-5-13-18(15,16)10-4-3-8(12)7-9(10)11/h3-4,7,13H,2,5-6H2,1H3. The van der Waals surface area contributed by atoms with E-state index in [1.807, 2.05) is 0 Å². The summed E-state index contributed by atoms with van der Waals surface area (Å²) in [5, 5.41) is 0. The second-order valence-corrected chi connectivity index (χ2v) is 7.75. The summed E-state index contributed by atoms with van der Waals surface area (Å²) in [7, 11) is -4.61. The number of sulfonamides is 1. The van der Waals surface area contributed by atoms with Crippen molar-refractivity contribution in [3.05, 3.63) is 28.5 Å². The third-order valence-electron chi connectivity index (χ3n) is 2.08. The number of benzene rings is 1. The average Bonchev–Trinajstić information content (AvgIpc) is 2.23. The summed E-state index contributed by atoms with van der Waals surface area (Å²) in [6.07, 6.45) is 2.05. The highest BCUT2D eigenvalue weighted by molar-refractivity contribution is 9.10. The van der Waals surface area contributed by atoms with Gasteiger partial charge in [0.1, 0.15) is 5.82 Å². The molecule has 0 aliphatic rings. The first-order chi connectivity index (χ1) is 8.33. The van der Waals surface area contributed by atoms with Crippen molar-refractivity contribution in [1.29, 1.82) is 0 Å². The fourth-order valence-corrected chi connectivity index (χ4v) is 3.93. The molecule has 1 atom stereocenters. The first-order valence-corrected chi connectivity index (χ1v) is 9.08. The van der Waals surface area contributed by atoms with Crippen molar-refractivity contribution in [2.45, 2.75) is 11.3 Å². The van der Waals surface area contributed by atoms with Crippen LogP contribution in [0.3, 0.4) is 0 Å². The molecule has 0 bridgehead atoms. The highest BCUT2D eigenvalue weighted by atomic mass is 79.9. The summed E-state index contributed by atoms with van der Waals surface area (Å²) in [5.74, 6) is -0.0742. The lowest BCUT2D eigenvalue weighted by Gasteiger charge is -2.08. The molecule has 1 unspecified atom stereocenters. The Morgan fingerprint density at radius 1 is 1.44 bits per heavy atom. The van der Waals surface area contributed by atoms with Crippen LogP contribution in [0.1, 0.15) is 6.42 Å². The van der Waals surface area contributed by atoms with E-state index in [2.05, 4.69) is 20.7 Å². The number of nitrogens with one attached hydrogen (secondary N) is 1. The quantitative estimate of drug-likeness (QED) is 0.787. The van der Waals surface area contributed by atoms with E-state index in [0.717, 1.165) is 12.1 Å². The van der Waals surface area contributed by atoms with Gasteiger partial charge < -0.3 is 0 Å². The molecule has 0 aliphatic carbocycles. The second-order valence-electron chi connectivity index (χ2n) is 3.60. The first kappa shape index (κ1) is 15.7. The topological polar surface area (TPSA) is 63.2 Å². The summed E-state index contributed by atoms with van der Waals surface area (Å²) in [6, 6.07) is 3.37. The molecule has 0 radical (unpaired) electrons. The van der Waals surface area contributed by atoms with Crippen molar-refractivity contribution in [1.82, 2.24) is 4.72 Å². The lowest BCUT2D eigenvalue weighted by atomic mass is 10.3. The molecule has 1 aromatic rings. The van der Waals surface area contributed by atoms with E-state index in [9.17, 15) is 17.0 Å². The molecular weight excluding hydrogens is 345 g/mol. The summed E-state index contributed by atoms with van der Waals surface area (Å²) in [4.78, 5) is -0.0125. The molecule has 0 amide bonds. The van der Waals surface area contributed by atoms with Gasteiger partial charge in [0.05, 0.1) is 4.90 Å². The Hall–Kier alpha value is -0.310. The third kappa shape index (κ3) is 4.75. The first-order valence-electron chi connectivity index (χ1n) is 5.07. The van der Waals surface area contributed by atoms with Crippen molar-refractivity contribution >= 4 is 36.8 Å². The molecule has 1 aromatic carbocycles. The lowest BCUT2D eigenvalue weighted by Crippen LogP contribution is -2.26. The van der Waals surface area contributed by atoms with Gasteiger partial charge in [-0.3, -0.25) is 4.21 Å². The maximum atomic E-state index is 12.9. The molecule has 0 heterocycles. The van der Waals surface area contributed by atoms with Crippen molar-refractivity contribution in [3.8, 4) is 0 Å². The van der Waals surface area contributed by atoms with Crippen LogP contribution in [0.4, 0.5) is 4.39 Å². The van der Waals surface area contributed by atoms with Crippen LogP contribution in [-0.4, -0.2) is 31.2 Å². The fraction of sp³-hybridized carbons (Fsp3) is 0.400. The van der Waals surface area contributed by atoms with Crippen LogP contribution in [0, 0.1) is 5.82 Å². The summed E-state index contributed by atoms with van der Waals surface area (Å²) in [5.41, 5.74) is 0. The molecule has 8 heteroatoms. The number of hydrogen-bond donors (Lipinski definition) is 1. The van der Waals surface area contributed by atoms with Crippen LogP contribution in [0.2, 0.25) is 0 Å². The fourth-order valence-electron chi connectivity index (χ4n) is 1.25. The molecular formula is C10H13BrFNO3S2. The molecule has 1 N–H and O–H groups in total. The Morgan fingerprint density at radius 3 is 2.67 bits per heavy atom. The highest BCUT2D eigenvalue weighted by Crippen LogP contribution is 2.22. The molecule has 18 heavy (non-hydrogen) atoms. The van der Waals surface area contributed by atoms with Gasteiger partial charge in [0.25, 0.3) is 0 Å². The molecule has 0 saturated carbocycles. The minimum Gasteiger partial charge on any atom is -0.260 e. The predicted molar refractivity (Wildman–Crippen MR) is 72.8 cm³/mol. The predicted octanol–water partition coefficient (Wildman–Crippen LogP) is 1.64. The third-order valence-corrected chi connectivity index (χ3v) is 5.39. The minimum atomic E-state index is -3.67. The molecule has 0 aliphatic heterocycles. The SMILES string of the molecule is CS(=O)CCCNS(=O)(=O)c1ccc(F)cc1Br. The second kappa shape index (κ2) is 6.74. The number of rotatable bonds is 6. The van der Waals surface area contributed by atoms with Gasteiger partial charge >= 0.3 is 0 Å². The molecule has 0 fully saturated rings. The average molecular weight is 358 g/mol. The molecule has 0 spiro atoms. The van der Waals surface area contributed by atoms with Gasteiger partial charge in [-0.05, 0) is 40.5 Å². The van der Waals surface area contributed by atoms with Crippen LogP contribution in [0.25, 0.3) is 0 Å². The van der Waals surface area contributed by atoms with Crippen LogP contribution in [-0.2, 0) is 20.8 Å². The van der Waals surface area contributed by atoms with Crippen molar-refractivity contribution < 1.29 is 17.0 Å². The van der Waals surface area contributed by atoms with Gasteiger partial charge in [0.2, 0.25) is 10.0 Å². The largest absolute Gasteiger partial charge is 0.260 e. The Morgan fingerprint density at radius 2 is 2.11 bits per heavy atom. The van der Waals surface area contributed by atoms with Gasteiger partial charge in [-0.25, -0.2) is 17.5 Å². The van der Waals surface area contributed by atoms with Crippen LogP contribution < -0.4 is 4.72 Å². The van der Waals surface area contributed by atoms with Crippen LogP contribution in [0.5, 0.6) is 0 Å². The molecule has 4 nitrogen and oxygen atoms in total. The van der Waals surface area contributed by atoms with Crippen LogP contribution in [0.15, 0.2) is 27.6 Å². The van der Waals surface area contributed by atoms with E-state index in [-0.39, 0.29) is 15.9 Å². The van der Waals surface area contributed by atoms with Gasteiger partial charge in [-0.2, -0.15) is 0 Å². The summed E-state index contributed by atoms with van der Waals surface area (Å²) >= 11 is 3.01. The van der Waals surface area contributed by atoms with Crippen molar-refractivity contribution in [2.24, 2.45) is 0 Å². The van der Waals surface area contributed by atoms with E-state index < -0.39 is 26.6 Å². The zero-order valence-electron chi connectivity index (χ0n) is 9.65. The van der Waals surface area contributed by atoms with Gasteiger partial charge in [0.15, 0.2) is 0 Å². The Labute approximate surface area is 117 Å². The van der Waals surface area contributed by atoms with E-state index in [1.54, 1.807) is 6.26 Å². The van der Waals surface area contributed by atoms with Crippen molar-refractivity contribution in [2.75, 3.05) is 18.6 Å². The Kier molecular flexibility index (Phi) is 5.90. The minimum absolute atomic E-state index is 0.0125. The molecule has 1 rings (SSSR count). The van der Waals surface area contributed by atoms with Gasteiger partial charge in [0, 0.05) is 33.8 Å². The van der Waals surface area contributed by atoms with Gasteiger partial charge in [-0.1, -0.05) is 0 Å². The summed E-state index contributed by atoms with van der Waals surface area (Å²) in [6.45, 7) is 0.200. The van der Waals surface area contributed by atoms with E-state index in [4.69, 9.17) is 0 Å². The normalized spacial score (nSPS) is 13.5. The van der Waals surface area contributed by atoms with Gasteiger partial charge in [-0.15, -0.1) is 0 Å². The number of hydrogen-bond acceptors (Lipinski definition) is 3. The van der Waals surface area contributed by atoms with E-state index in [1.165, 1.54) is 6.07 Å². The Bertz CT molecular complexity index is 548. The van der Waals surface area contributed by atoms with E-state index >= 15 is 0 Å². The Balaban J connectivity index is 2.71. The zero-order chi connectivity index (χ0) is 13.8. The van der Waals surface area contributed by atoms with Crippen molar-refractivity contribution in [3.63, 3.8) is 0 Å².